The molecule has 0 spiro atoms. The van der Waals surface area contributed by atoms with Crippen LogP contribution in [-0.4, -0.2) is 29.9 Å². The molecule has 2 heterocycles. The number of carbonyl (C=O) groups is 2. The summed E-state index contributed by atoms with van der Waals surface area (Å²) in [6.45, 7) is 1.10. The smallest absolute Gasteiger partial charge is 0.257 e. The summed E-state index contributed by atoms with van der Waals surface area (Å²) >= 11 is 1.71. The zero-order chi connectivity index (χ0) is 20.8. The Kier molecular flexibility index (Phi) is 6.59. The van der Waals surface area contributed by atoms with Crippen LogP contribution in [0.4, 0.5) is 5.69 Å². The summed E-state index contributed by atoms with van der Waals surface area (Å²) < 4.78 is 1.20. The molecule has 0 atom stereocenters. The second kappa shape index (κ2) is 9.71. The van der Waals surface area contributed by atoms with Gasteiger partial charge in [-0.1, -0.05) is 30.3 Å². The maximum absolute atomic E-state index is 12.3. The number of rotatable bonds is 7. The van der Waals surface area contributed by atoms with Crippen molar-refractivity contribution in [2.45, 2.75) is 38.5 Å². The van der Waals surface area contributed by atoms with Crippen molar-refractivity contribution >= 4 is 39.1 Å². The number of nitrogens with zero attached hydrogens (tertiary/aromatic N) is 2. The van der Waals surface area contributed by atoms with Crippen LogP contribution in [0.25, 0.3) is 10.2 Å². The molecule has 2 N–H and O–H groups in total. The number of aromatic nitrogens is 1. The van der Waals surface area contributed by atoms with Gasteiger partial charge < -0.3 is 4.90 Å². The predicted molar refractivity (Wildman–Crippen MR) is 120 cm³/mol. The molecule has 1 aliphatic rings. The lowest BCUT2D eigenvalue weighted by atomic mass is 10.0. The Balaban J connectivity index is 1.15. The molecule has 156 valence electrons. The van der Waals surface area contributed by atoms with Gasteiger partial charge in [0.1, 0.15) is 0 Å². The average Bonchev–Trinajstić information content (AvgIpc) is 3.18. The topological polar surface area (TPSA) is 74.3 Å². The Bertz CT molecular complexity index is 1000. The summed E-state index contributed by atoms with van der Waals surface area (Å²) in [6, 6.07) is 16.3. The Labute approximate surface area is 180 Å². The van der Waals surface area contributed by atoms with E-state index in [0.29, 0.717) is 6.42 Å². The number of benzene rings is 2. The van der Waals surface area contributed by atoms with E-state index in [1.54, 1.807) is 11.3 Å². The zero-order valence-corrected chi connectivity index (χ0v) is 17.7. The molecular weight excluding hydrogens is 396 g/mol. The van der Waals surface area contributed by atoms with Crippen molar-refractivity contribution in [3.8, 4) is 0 Å². The SMILES string of the molecule is O=C(CCCCc1nc2ccccc2s1)NNC(=O)CN1CCCc2ccccc21. The second-order valence-corrected chi connectivity index (χ2v) is 8.65. The Morgan fingerprint density at radius 3 is 2.70 bits per heavy atom. The molecular formula is C23H26N4O2S. The van der Waals surface area contributed by atoms with Crippen LogP contribution < -0.4 is 15.8 Å². The van der Waals surface area contributed by atoms with Crippen molar-refractivity contribution in [3.63, 3.8) is 0 Å². The molecule has 6 nitrogen and oxygen atoms in total. The van der Waals surface area contributed by atoms with Gasteiger partial charge in [-0.25, -0.2) is 4.98 Å². The summed E-state index contributed by atoms with van der Waals surface area (Å²) in [4.78, 5) is 31.0. The van der Waals surface area contributed by atoms with E-state index in [9.17, 15) is 9.59 Å². The number of para-hydroxylation sites is 2. The number of fused-ring (bicyclic) bond motifs is 2. The molecule has 3 aromatic rings. The van der Waals surface area contributed by atoms with E-state index < -0.39 is 0 Å². The van der Waals surface area contributed by atoms with Crippen molar-refractivity contribution in [1.82, 2.24) is 15.8 Å². The fraction of sp³-hybridized carbons (Fsp3) is 0.348. The van der Waals surface area contributed by atoms with E-state index in [1.807, 2.05) is 36.4 Å². The quantitative estimate of drug-likeness (QED) is 0.451. The van der Waals surface area contributed by atoms with Crippen LogP contribution in [0.15, 0.2) is 48.5 Å². The Morgan fingerprint density at radius 1 is 1.00 bits per heavy atom. The molecule has 1 aliphatic heterocycles. The van der Waals surface area contributed by atoms with Gasteiger partial charge in [-0.2, -0.15) is 0 Å². The van der Waals surface area contributed by atoms with Crippen molar-refractivity contribution < 1.29 is 9.59 Å². The summed E-state index contributed by atoms with van der Waals surface area (Å²) in [6.07, 6.45) is 4.99. The summed E-state index contributed by atoms with van der Waals surface area (Å²) in [5.74, 6) is -0.360. The molecule has 2 aromatic carbocycles. The Morgan fingerprint density at radius 2 is 1.80 bits per heavy atom. The normalized spacial score (nSPS) is 13.1. The molecule has 0 saturated heterocycles. The number of aryl methyl sites for hydroxylation is 2. The van der Waals surface area contributed by atoms with Crippen LogP contribution in [0.5, 0.6) is 0 Å². The van der Waals surface area contributed by atoms with Crippen molar-refractivity contribution in [2.75, 3.05) is 18.0 Å². The van der Waals surface area contributed by atoms with Crippen LogP contribution in [0, 0.1) is 0 Å². The van der Waals surface area contributed by atoms with E-state index in [4.69, 9.17) is 0 Å². The number of thiazole rings is 1. The van der Waals surface area contributed by atoms with Crippen LogP contribution in [0.3, 0.4) is 0 Å². The van der Waals surface area contributed by atoms with Gasteiger partial charge in [0.05, 0.1) is 21.8 Å². The minimum atomic E-state index is -0.200. The van der Waals surface area contributed by atoms with Gasteiger partial charge in [0.25, 0.3) is 5.91 Å². The molecule has 2 amide bonds. The second-order valence-electron chi connectivity index (χ2n) is 7.53. The molecule has 1 aromatic heterocycles. The van der Waals surface area contributed by atoms with Crippen LogP contribution >= 0.6 is 11.3 Å². The van der Waals surface area contributed by atoms with Crippen LogP contribution in [0.2, 0.25) is 0 Å². The largest absolute Gasteiger partial charge is 0.362 e. The van der Waals surface area contributed by atoms with Crippen molar-refractivity contribution in [2.24, 2.45) is 0 Å². The first-order valence-electron chi connectivity index (χ1n) is 10.4. The number of anilines is 1. The molecule has 0 unspecified atom stereocenters. The fourth-order valence-corrected chi connectivity index (χ4v) is 4.79. The molecule has 7 heteroatoms. The van der Waals surface area contributed by atoms with Gasteiger partial charge in [-0.05, 0) is 55.9 Å². The van der Waals surface area contributed by atoms with E-state index >= 15 is 0 Å². The van der Waals surface area contributed by atoms with Crippen LogP contribution in [0.1, 0.15) is 36.3 Å². The third-order valence-electron chi connectivity index (χ3n) is 5.26. The number of hydrogen-bond donors (Lipinski definition) is 2. The van der Waals surface area contributed by atoms with E-state index in [2.05, 4.69) is 32.9 Å². The third kappa shape index (κ3) is 5.16. The lowest BCUT2D eigenvalue weighted by Crippen LogP contribution is -2.47. The molecule has 30 heavy (non-hydrogen) atoms. The highest BCUT2D eigenvalue weighted by Crippen LogP contribution is 2.26. The monoisotopic (exact) mass is 422 g/mol. The van der Waals surface area contributed by atoms with Gasteiger partial charge in [0.2, 0.25) is 5.91 Å². The number of hydrazine groups is 1. The van der Waals surface area contributed by atoms with E-state index in [-0.39, 0.29) is 18.4 Å². The number of hydrogen-bond acceptors (Lipinski definition) is 5. The summed E-state index contributed by atoms with van der Waals surface area (Å²) in [5.41, 5.74) is 8.50. The van der Waals surface area contributed by atoms with Crippen molar-refractivity contribution in [1.29, 1.82) is 0 Å². The molecule has 4 rings (SSSR count). The lowest BCUT2D eigenvalue weighted by Gasteiger charge is -2.30. The van der Waals surface area contributed by atoms with Gasteiger partial charge in [-0.3, -0.25) is 20.4 Å². The van der Waals surface area contributed by atoms with Gasteiger partial charge in [0.15, 0.2) is 0 Å². The average molecular weight is 423 g/mol. The van der Waals surface area contributed by atoms with Gasteiger partial charge >= 0.3 is 0 Å². The Hall–Kier alpha value is -2.93. The number of nitrogens with one attached hydrogen (secondary N) is 2. The maximum Gasteiger partial charge on any atom is 0.257 e. The first-order valence-corrected chi connectivity index (χ1v) is 11.3. The fourth-order valence-electron chi connectivity index (χ4n) is 3.78. The van der Waals surface area contributed by atoms with Crippen molar-refractivity contribution in [3.05, 3.63) is 59.1 Å². The zero-order valence-electron chi connectivity index (χ0n) is 16.9. The molecule has 0 bridgehead atoms. The minimum Gasteiger partial charge on any atom is -0.362 e. The number of carbonyl (C=O) groups excluding carboxylic acids is 2. The highest BCUT2D eigenvalue weighted by Gasteiger charge is 2.18. The summed E-state index contributed by atoms with van der Waals surface area (Å²) in [5, 5.41) is 1.10. The van der Waals surface area contributed by atoms with E-state index in [1.165, 1.54) is 10.3 Å². The van der Waals surface area contributed by atoms with E-state index in [0.717, 1.165) is 54.9 Å². The minimum absolute atomic E-state index is 0.160. The number of unbranched alkanes of at least 4 members (excludes halogenated alkanes) is 1. The molecule has 0 fully saturated rings. The van der Waals surface area contributed by atoms with Gasteiger partial charge in [0, 0.05) is 18.7 Å². The van der Waals surface area contributed by atoms with Crippen LogP contribution in [-0.2, 0) is 22.4 Å². The third-order valence-corrected chi connectivity index (χ3v) is 6.36. The molecule has 0 saturated carbocycles. The highest BCUT2D eigenvalue weighted by molar-refractivity contribution is 7.18. The lowest BCUT2D eigenvalue weighted by molar-refractivity contribution is -0.128. The maximum atomic E-state index is 12.3. The highest BCUT2D eigenvalue weighted by atomic mass is 32.1. The first-order chi connectivity index (χ1) is 14.7. The molecule has 0 radical (unpaired) electrons. The first kappa shape index (κ1) is 20.3. The number of amides is 2. The van der Waals surface area contributed by atoms with Gasteiger partial charge in [-0.15, -0.1) is 11.3 Å². The standard InChI is InChI=1S/C23H26N4O2S/c28-21(13-5-6-14-23-24-18-10-2-4-12-20(18)30-23)25-26-22(29)16-27-15-7-9-17-8-1-3-11-19(17)27/h1-4,8,10-12H,5-7,9,13-16H2,(H,25,28)(H,26,29). The predicted octanol–water partition coefficient (Wildman–Crippen LogP) is 3.61. The summed E-state index contributed by atoms with van der Waals surface area (Å²) in [7, 11) is 0. The molecule has 0 aliphatic carbocycles.